The lowest BCUT2D eigenvalue weighted by atomic mass is 9.97. The predicted molar refractivity (Wildman–Crippen MR) is 122 cm³/mol. The van der Waals surface area contributed by atoms with E-state index in [0.717, 1.165) is 42.6 Å². The molecule has 0 spiro atoms. The van der Waals surface area contributed by atoms with E-state index >= 15 is 0 Å². The summed E-state index contributed by atoms with van der Waals surface area (Å²) < 4.78 is 5.71. The van der Waals surface area contributed by atoms with Crippen molar-refractivity contribution >= 4 is 17.6 Å². The van der Waals surface area contributed by atoms with Crippen LogP contribution in [0.25, 0.3) is 0 Å². The lowest BCUT2D eigenvalue weighted by Gasteiger charge is -2.26. The molecular weight excluding hydrogens is 404 g/mol. The maximum atomic E-state index is 12.6. The van der Waals surface area contributed by atoms with Crippen molar-refractivity contribution in [1.82, 2.24) is 10.2 Å². The summed E-state index contributed by atoms with van der Waals surface area (Å²) in [6.45, 7) is 5.89. The van der Waals surface area contributed by atoms with Gasteiger partial charge < -0.3 is 15.0 Å². The topological polar surface area (TPSA) is 75.7 Å². The van der Waals surface area contributed by atoms with Gasteiger partial charge in [-0.2, -0.15) is 0 Å². The zero-order chi connectivity index (χ0) is 22.7. The van der Waals surface area contributed by atoms with Crippen molar-refractivity contribution in [1.29, 1.82) is 0 Å². The van der Waals surface area contributed by atoms with E-state index in [2.05, 4.69) is 5.32 Å². The molecule has 1 atom stereocenters. The first-order valence-electron chi connectivity index (χ1n) is 11.4. The second-order valence-corrected chi connectivity index (χ2v) is 8.81. The first-order valence-corrected chi connectivity index (χ1v) is 11.4. The smallest absolute Gasteiger partial charge is 0.258 e. The Labute approximate surface area is 188 Å². The normalized spacial score (nSPS) is 17.8. The fourth-order valence-corrected chi connectivity index (χ4v) is 4.67. The highest BCUT2D eigenvalue weighted by Gasteiger charge is 2.31. The highest BCUT2D eigenvalue weighted by atomic mass is 16.5. The molecule has 6 heteroatoms. The number of Topliss-reactive ketones (excluding diaryl/α,β-unsaturated/α-hetero) is 1. The largest absolute Gasteiger partial charge is 0.483 e. The van der Waals surface area contributed by atoms with Crippen molar-refractivity contribution in [3.63, 3.8) is 0 Å². The second-order valence-electron chi connectivity index (χ2n) is 8.81. The zero-order valence-corrected chi connectivity index (χ0v) is 18.8. The van der Waals surface area contributed by atoms with Gasteiger partial charge in [0.2, 0.25) is 0 Å². The molecular formula is C26H30N2O4. The van der Waals surface area contributed by atoms with Gasteiger partial charge in [-0.25, -0.2) is 0 Å². The number of nitrogens with zero attached hydrogens (tertiary/aromatic N) is 1. The van der Waals surface area contributed by atoms with Crippen molar-refractivity contribution in [3.05, 3.63) is 64.2 Å². The predicted octanol–water partition coefficient (Wildman–Crippen LogP) is 4.01. The number of hydrogen-bond acceptors (Lipinski definition) is 4. The van der Waals surface area contributed by atoms with Crippen LogP contribution in [0.2, 0.25) is 0 Å². The molecule has 2 amide bonds. The van der Waals surface area contributed by atoms with Crippen LogP contribution in [-0.2, 0) is 11.3 Å². The Morgan fingerprint density at radius 2 is 1.78 bits per heavy atom. The minimum Gasteiger partial charge on any atom is -0.483 e. The average molecular weight is 435 g/mol. The lowest BCUT2D eigenvalue weighted by Crippen LogP contribution is -2.35. The third-order valence-corrected chi connectivity index (χ3v) is 6.38. The van der Waals surface area contributed by atoms with Gasteiger partial charge in [0.05, 0.1) is 5.56 Å². The molecule has 1 saturated heterocycles. The van der Waals surface area contributed by atoms with E-state index in [-0.39, 0.29) is 30.1 Å². The molecule has 2 aliphatic rings. The van der Waals surface area contributed by atoms with Crippen LogP contribution in [0.1, 0.15) is 75.9 Å². The molecule has 0 aromatic heterocycles. The van der Waals surface area contributed by atoms with Crippen LogP contribution in [0.5, 0.6) is 5.75 Å². The van der Waals surface area contributed by atoms with Crippen LogP contribution in [0.15, 0.2) is 36.4 Å². The summed E-state index contributed by atoms with van der Waals surface area (Å²) in [5, 5.41) is 2.84. The molecule has 0 saturated carbocycles. The lowest BCUT2D eigenvalue weighted by molar-refractivity contribution is -0.123. The Kier molecular flexibility index (Phi) is 6.58. The summed E-state index contributed by atoms with van der Waals surface area (Å²) >= 11 is 0. The second kappa shape index (κ2) is 9.55. The van der Waals surface area contributed by atoms with Crippen molar-refractivity contribution in [3.8, 4) is 5.75 Å². The first-order chi connectivity index (χ1) is 15.4. The van der Waals surface area contributed by atoms with Crippen LogP contribution in [0, 0.1) is 6.92 Å². The number of carbonyl (C=O) groups is 3. The summed E-state index contributed by atoms with van der Waals surface area (Å²) in [7, 11) is 0. The number of fused-ring (bicyclic) bond motifs is 1. The third kappa shape index (κ3) is 4.69. The van der Waals surface area contributed by atoms with Gasteiger partial charge in [-0.3, -0.25) is 14.4 Å². The first kappa shape index (κ1) is 22.1. The van der Waals surface area contributed by atoms with E-state index in [1.807, 2.05) is 49.1 Å². The van der Waals surface area contributed by atoms with Gasteiger partial charge in [0.15, 0.2) is 12.4 Å². The van der Waals surface area contributed by atoms with Gasteiger partial charge in [-0.15, -0.1) is 0 Å². The molecule has 2 aromatic carbocycles. The Balaban J connectivity index is 1.30. The van der Waals surface area contributed by atoms with E-state index in [1.165, 1.54) is 6.42 Å². The Bertz CT molecular complexity index is 1020. The van der Waals surface area contributed by atoms with Crippen molar-refractivity contribution < 1.29 is 19.1 Å². The molecule has 1 aliphatic carbocycles. The summed E-state index contributed by atoms with van der Waals surface area (Å²) in [4.78, 5) is 39.1. The number of amides is 2. The molecule has 32 heavy (non-hydrogen) atoms. The molecule has 2 aromatic rings. The number of rotatable bonds is 6. The van der Waals surface area contributed by atoms with E-state index in [1.54, 1.807) is 6.07 Å². The molecule has 0 unspecified atom stereocenters. The van der Waals surface area contributed by atoms with Gasteiger partial charge >= 0.3 is 0 Å². The highest BCUT2D eigenvalue weighted by molar-refractivity contribution is 6.04. The number of hydrogen-bond donors (Lipinski definition) is 1. The molecule has 1 N–H and O–H groups in total. The number of aryl methyl sites for hydroxylation is 1. The number of likely N-dealkylation sites (tertiary alicyclic amines) is 1. The average Bonchev–Trinajstić information content (AvgIpc) is 3.12. The fourth-order valence-electron chi connectivity index (χ4n) is 4.67. The van der Waals surface area contributed by atoms with Gasteiger partial charge in [-0.1, -0.05) is 25.1 Å². The minimum atomic E-state index is -0.258. The van der Waals surface area contributed by atoms with E-state index < -0.39 is 0 Å². The van der Waals surface area contributed by atoms with E-state index in [4.69, 9.17) is 4.74 Å². The van der Waals surface area contributed by atoms with Crippen LogP contribution in [0.3, 0.4) is 0 Å². The molecule has 0 radical (unpaired) electrons. The van der Waals surface area contributed by atoms with Crippen molar-refractivity contribution in [2.24, 2.45) is 0 Å². The summed E-state index contributed by atoms with van der Waals surface area (Å²) in [6.07, 6.45) is 3.81. The summed E-state index contributed by atoms with van der Waals surface area (Å²) in [5.41, 5.74) is 4.33. The zero-order valence-electron chi connectivity index (χ0n) is 18.8. The Morgan fingerprint density at radius 1 is 1.06 bits per heavy atom. The van der Waals surface area contributed by atoms with Gasteiger partial charge in [0, 0.05) is 31.6 Å². The quantitative estimate of drug-likeness (QED) is 0.746. The van der Waals surface area contributed by atoms with Crippen molar-refractivity contribution in [2.75, 3.05) is 19.7 Å². The Morgan fingerprint density at radius 3 is 2.50 bits per heavy atom. The molecule has 4 rings (SSSR count). The molecule has 1 fully saturated rings. The monoisotopic (exact) mass is 434 g/mol. The van der Waals surface area contributed by atoms with Crippen LogP contribution < -0.4 is 10.1 Å². The minimum absolute atomic E-state index is 0.0724. The Hall–Kier alpha value is -3.15. The van der Waals surface area contributed by atoms with Gasteiger partial charge in [-0.05, 0) is 67.0 Å². The number of carbonyl (C=O) groups excluding carboxylic acids is 3. The molecule has 168 valence electrons. The number of ketones is 1. The molecule has 1 heterocycles. The highest BCUT2D eigenvalue weighted by Crippen LogP contribution is 2.40. The SMILES string of the molecule is Cc1ccc(OCC(=O)NCc2ccc(C(=O)N3CCCCC3)cc2)c2c1[C@@H](C)CC2=O. The number of nitrogens with one attached hydrogen (secondary N) is 1. The molecule has 1 aliphatic heterocycles. The number of piperidine rings is 1. The fraction of sp³-hybridized carbons (Fsp3) is 0.423. The van der Waals surface area contributed by atoms with E-state index in [0.29, 0.717) is 29.8 Å². The van der Waals surface area contributed by atoms with Crippen molar-refractivity contribution in [2.45, 2.75) is 52.0 Å². The van der Waals surface area contributed by atoms with Crippen LogP contribution in [0.4, 0.5) is 0 Å². The van der Waals surface area contributed by atoms with Gasteiger partial charge in [0.1, 0.15) is 5.75 Å². The number of ether oxygens (including phenoxy) is 1. The molecule has 0 bridgehead atoms. The summed E-state index contributed by atoms with van der Waals surface area (Å²) in [6, 6.07) is 11.1. The standard InChI is InChI=1S/C26H30N2O4/c1-17-6-11-22(25-21(29)14-18(2)24(17)25)32-16-23(30)27-15-19-7-9-20(10-8-19)26(31)28-12-4-3-5-13-28/h6-11,18H,3-5,12-16H2,1-2H3,(H,27,30)/t18-/m0/s1. The van der Waals surface area contributed by atoms with Gasteiger partial charge in [0.25, 0.3) is 11.8 Å². The van der Waals surface area contributed by atoms with Crippen LogP contribution in [-0.4, -0.2) is 42.2 Å². The maximum absolute atomic E-state index is 12.6. The number of benzene rings is 2. The maximum Gasteiger partial charge on any atom is 0.258 e. The molecule has 6 nitrogen and oxygen atoms in total. The third-order valence-electron chi connectivity index (χ3n) is 6.38. The van der Waals surface area contributed by atoms with E-state index in [9.17, 15) is 14.4 Å². The van der Waals surface area contributed by atoms with Crippen LogP contribution >= 0.6 is 0 Å². The summed E-state index contributed by atoms with van der Waals surface area (Å²) in [5.74, 6) is 0.551.